The van der Waals surface area contributed by atoms with Gasteiger partial charge >= 0.3 is 0 Å². The first kappa shape index (κ1) is 69.8. The van der Waals surface area contributed by atoms with Gasteiger partial charge in [-0.2, -0.15) is 21.0 Å². The first-order chi connectivity index (χ1) is 51.1. The van der Waals surface area contributed by atoms with Gasteiger partial charge in [0.1, 0.15) is 35.4 Å². The molecule has 0 saturated carbocycles. The van der Waals surface area contributed by atoms with Gasteiger partial charge in [0.25, 0.3) is 0 Å². The van der Waals surface area contributed by atoms with Gasteiger partial charge in [0.05, 0.1) is 20.2 Å². The van der Waals surface area contributed by atoms with Gasteiger partial charge in [0.15, 0.2) is 11.6 Å². The minimum absolute atomic E-state index is 0.0803. The highest BCUT2D eigenvalue weighted by Gasteiger charge is 2.55. The van der Waals surface area contributed by atoms with Crippen molar-refractivity contribution in [2.45, 2.75) is 167 Å². The number of unbranched alkanes of at least 4 members (excludes halogenated alkanes) is 12. The number of aryl methyl sites for hydroxylation is 4. The maximum atomic E-state index is 14.6. The molecular formula is C94H82N4O2S4. The van der Waals surface area contributed by atoms with Crippen molar-refractivity contribution in [2.75, 3.05) is 0 Å². The Labute approximate surface area is 628 Å². The number of allylic oxidation sites excluding steroid dienone is 6. The smallest absolute Gasteiger partial charge is 0.194 e. The lowest BCUT2D eigenvalue weighted by Gasteiger charge is -2.36. The van der Waals surface area contributed by atoms with E-state index < -0.39 is 10.8 Å². The topological polar surface area (TPSA) is 129 Å². The summed E-state index contributed by atoms with van der Waals surface area (Å²) in [5.41, 5.74) is 19.1. The molecule has 4 heterocycles. The van der Waals surface area contributed by atoms with Crippen molar-refractivity contribution in [3.63, 3.8) is 0 Å². The maximum Gasteiger partial charge on any atom is 0.194 e. The molecule has 514 valence electrons. The number of rotatable bonds is 26. The largest absolute Gasteiger partial charge is 0.289 e. The van der Waals surface area contributed by atoms with Gasteiger partial charge in [0, 0.05) is 73.5 Å². The third-order valence-corrected chi connectivity index (χ3v) is 27.0. The van der Waals surface area contributed by atoms with Crippen molar-refractivity contribution < 1.29 is 9.59 Å². The summed E-state index contributed by atoms with van der Waals surface area (Å²) in [6.07, 6.45) is 26.7. The van der Waals surface area contributed by atoms with E-state index >= 15 is 0 Å². The van der Waals surface area contributed by atoms with Crippen LogP contribution in [0.3, 0.4) is 0 Å². The molecule has 104 heavy (non-hydrogen) atoms. The Balaban J connectivity index is 1.01. The molecular weight excluding hydrogens is 1350 g/mol. The number of ketones is 2. The summed E-state index contributed by atoms with van der Waals surface area (Å²) in [4.78, 5) is 33.5. The van der Waals surface area contributed by atoms with Crippen molar-refractivity contribution in [3.05, 3.63) is 291 Å². The molecule has 4 aliphatic carbocycles. The Morgan fingerprint density at radius 1 is 0.356 bits per heavy atom. The average molecular weight is 1430 g/mol. The van der Waals surface area contributed by atoms with Gasteiger partial charge in [-0.05, 0) is 166 Å². The van der Waals surface area contributed by atoms with Crippen molar-refractivity contribution in [1.29, 1.82) is 21.0 Å². The van der Waals surface area contributed by atoms with Crippen LogP contribution in [0.4, 0.5) is 0 Å². The highest BCUT2D eigenvalue weighted by Crippen LogP contribution is 2.68. The Morgan fingerprint density at radius 2 is 0.654 bits per heavy atom. The van der Waals surface area contributed by atoms with Crippen LogP contribution in [0.2, 0.25) is 0 Å². The average Bonchev–Trinajstić information content (AvgIpc) is 1.49. The van der Waals surface area contributed by atoms with Gasteiger partial charge in [-0.1, -0.05) is 250 Å². The molecule has 4 aliphatic rings. The molecule has 0 radical (unpaired) electrons. The Bertz CT molecular complexity index is 5030. The molecule has 0 spiro atoms. The second kappa shape index (κ2) is 30.1. The number of fused-ring (bicyclic) bond motifs is 12. The summed E-state index contributed by atoms with van der Waals surface area (Å²) in [5.74, 6) is -0.389. The van der Waals surface area contributed by atoms with E-state index in [0.29, 0.717) is 44.5 Å². The van der Waals surface area contributed by atoms with Crippen LogP contribution < -0.4 is 0 Å². The number of carbonyl (C=O) groups excluding carboxylic acids is 2. The number of nitrogens with zero attached hydrogens (tertiary/aromatic N) is 4. The van der Waals surface area contributed by atoms with Gasteiger partial charge in [-0.25, -0.2) is 0 Å². The Hall–Kier alpha value is -9.88. The molecule has 0 unspecified atom stereocenters. The zero-order chi connectivity index (χ0) is 71.6. The highest BCUT2D eigenvalue weighted by atomic mass is 32.1. The van der Waals surface area contributed by atoms with E-state index in [1.54, 1.807) is 34.8 Å². The highest BCUT2D eigenvalue weighted by molar-refractivity contribution is 7.31. The van der Waals surface area contributed by atoms with E-state index in [9.17, 15) is 30.6 Å². The third-order valence-electron chi connectivity index (χ3n) is 22.2. The van der Waals surface area contributed by atoms with Crippen LogP contribution in [-0.2, 0) is 36.5 Å². The van der Waals surface area contributed by atoms with E-state index in [1.807, 2.05) is 71.2 Å². The molecule has 4 aromatic heterocycles. The molecule has 10 heteroatoms. The van der Waals surface area contributed by atoms with E-state index in [4.69, 9.17) is 0 Å². The van der Waals surface area contributed by atoms with Crippen molar-refractivity contribution >= 4 is 99.0 Å². The standard InChI is InChI=1S/C94H82N4O2S4/c1-5-9-13-17-25-59-33-41-65(42-34-59)93(66-43-35-60(36-44-66)26-18-14-10-6-2)79-53-76-80(54-75(79)89-85(93)91-81(103-89)51-69(101-91)49-77-83(63(55-95)56-96)71-29-21-23-31-73(71)87(77)99)94(67-45-37-61(38-46-67)27-19-15-11-7-3,68-47-39-62(40-48-68)28-20-16-12-8-4)86-90(76)104-82-52-70(102-92(82)86)50-78-84(64(57-97)58-98)72-30-22-24-32-74(72)88(78)100/h21-24,29-54H,5-20,25-28H2,1-4H3/b77-49+,78-50+. The van der Waals surface area contributed by atoms with Gasteiger partial charge in [-0.3, -0.25) is 9.59 Å². The summed E-state index contributed by atoms with van der Waals surface area (Å²) < 4.78 is 4.49. The van der Waals surface area contributed by atoms with Crippen LogP contribution in [0.25, 0.3) is 63.0 Å². The molecule has 11 aromatic rings. The second-order valence-electron chi connectivity index (χ2n) is 28.6. The van der Waals surface area contributed by atoms with Crippen LogP contribution in [0.15, 0.2) is 192 Å². The molecule has 0 fully saturated rings. The summed E-state index contributed by atoms with van der Waals surface area (Å²) >= 11 is 7.01. The van der Waals surface area contributed by atoms with Gasteiger partial charge < -0.3 is 0 Å². The molecule has 0 N–H and O–H groups in total. The normalized spacial score (nSPS) is 14.9. The summed E-state index contributed by atoms with van der Waals surface area (Å²) in [6.45, 7) is 9.07. The zero-order valence-electron chi connectivity index (χ0n) is 59.7. The minimum atomic E-state index is -0.839. The van der Waals surface area contributed by atoms with Gasteiger partial charge in [-0.15, -0.1) is 45.3 Å². The molecule has 7 aromatic carbocycles. The van der Waals surface area contributed by atoms with E-state index in [0.717, 1.165) is 79.9 Å². The van der Waals surface area contributed by atoms with Crippen LogP contribution >= 0.6 is 45.3 Å². The van der Waals surface area contributed by atoms with E-state index in [1.165, 1.54) is 165 Å². The minimum Gasteiger partial charge on any atom is -0.289 e. The molecule has 0 amide bonds. The van der Waals surface area contributed by atoms with E-state index in [2.05, 4.69) is 173 Å². The molecule has 0 saturated heterocycles. The van der Waals surface area contributed by atoms with Crippen molar-refractivity contribution in [3.8, 4) is 45.2 Å². The predicted octanol–water partition coefficient (Wildman–Crippen LogP) is 25.6. The third kappa shape index (κ3) is 12.0. The number of Topliss-reactive ketones (excluding diaryl/α,β-unsaturated/α-hetero) is 2. The number of carbonyl (C=O) groups is 2. The Morgan fingerprint density at radius 3 is 0.942 bits per heavy atom. The fraction of sp³-hybridized carbons (Fsp3) is 0.277. The SMILES string of the molecule is CCCCCCc1ccc(C2(c3ccc(CCCCCC)cc3)c3cc4c(cc3-c3sc5cc(/C=C6/C(=O)c7ccccc7C6=C(C#N)C#N)sc5c32)C(c2ccc(CCCCCC)cc2)(c2ccc(CCCCCC)cc2)c2c-4sc3cc(/C=C4/C(=O)c5ccccc5C4=C(C#N)C#N)sc23)cc1. The lowest BCUT2D eigenvalue weighted by Crippen LogP contribution is -2.30. The maximum absolute atomic E-state index is 14.6. The number of hydrogen-bond acceptors (Lipinski definition) is 10. The number of hydrogen-bond donors (Lipinski definition) is 0. The summed E-state index contributed by atoms with van der Waals surface area (Å²) in [6, 6.07) is 71.2. The zero-order valence-corrected chi connectivity index (χ0v) is 63.0. The first-order valence-corrected chi connectivity index (χ1v) is 40.8. The fourth-order valence-electron chi connectivity index (χ4n) is 17.1. The summed E-state index contributed by atoms with van der Waals surface area (Å²) in [5, 5.41) is 41.8. The number of benzene rings is 7. The molecule has 0 bridgehead atoms. The molecule has 0 atom stereocenters. The van der Waals surface area contributed by atoms with E-state index in [-0.39, 0.29) is 22.7 Å². The lowest BCUT2D eigenvalue weighted by molar-refractivity contribution is 0.103. The van der Waals surface area contributed by atoms with Gasteiger partial charge in [0.2, 0.25) is 0 Å². The number of nitriles is 4. The quantitative estimate of drug-likeness (QED) is 0.0302. The molecule has 15 rings (SSSR count). The fourth-order valence-corrected chi connectivity index (χ4v) is 22.6. The van der Waals surface area contributed by atoms with Crippen LogP contribution in [0.1, 0.15) is 239 Å². The van der Waals surface area contributed by atoms with Crippen LogP contribution in [-0.4, -0.2) is 11.6 Å². The monoisotopic (exact) mass is 1430 g/mol. The molecule has 0 aliphatic heterocycles. The predicted molar refractivity (Wildman–Crippen MR) is 433 cm³/mol. The van der Waals surface area contributed by atoms with Crippen molar-refractivity contribution in [2.24, 2.45) is 0 Å². The van der Waals surface area contributed by atoms with Crippen LogP contribution in [0, 0.1) is 45.3 Å². The van der Waals surface area contributed by atoms with Crippen molar-refractivity contribution in [1.82, 2.24) is 0 Å². The second-order valence-corrected chi connectivity index (χ2v) is 32.9. The molecule has 6 nitrogen and oxygen atoms in total. The number of thiophene rings is 4. The Kier molecular flexibility index (Phi) is 20.2. The van der Waals surface area contributed by atoms with Crippen LogP contribution in [0.5, 0.6) is 0 Å². The lowest BCUT2D eigenvalue weighted by atomic mass is 9.65. The summed E-state index contributed by atoms with van der Waals surface area (Å²) in [7, 11) is 0. The first-order valence-electron chi connectivity index (χ1n) is 37.6.